The third-order valence-corrected chi connectivity index (χ3v) is 4.82. The summed E-state index contributed by atoms with van der Waals surface area (Å²) in [5.74, 6) is 0.872. The zero-order valence-electron chi connectivity index (χ0n) is 11.3. The molecular formula is C12H26N2O2S. The van der Waals surface area contributed by atoms with Crippen LogP contribution in [0.25, 0.3) is 0 Å². The van der Waals surface area contributed by atoms with Crippen molar-refractivity contribution in [3.8, 4) is 0 Å². The summed E-state index contributed by atoms with van der Waals surface area (Å²) in [6, 6.07) is 0.642. The van der Waals surface area contributed by atoms with Crippen LogP contribution >= 0.6 is 0 Å². The molecule has 5 heteroatoms. The summed E-state index contributed by atoms with van der Waals surface area (Å²) >= 11 is 0. The van der Waals surface area contributed by atoms with Crippen LogP contribution in [0, 0.1) is 5.92 Å². The Kier molecular flexibility index (Phi) is 5.89. The average molecular weight is 262 g/mol. The summed E-state index contributed by atoms with van der Waals surface area (Å²) in [6.07, 6.45) is 6.06. The molecule has 1 unspecified atom stereocenters. The molecule has 1 saturated carbocycles. The molecule has 0 radical (unpaired) electrons. The average Bonchev–Trinajstić information content (AvgIpc) is 3.05. The molecule has 0 aromatic carbocycles. The topological polar surface area (TPSA) is 49.4 Å². The van der Waals surface area contributed by atoms with E-state index in [-0.39, 0.29) is 0 Å². The van der Waals surface area contributed by atoms with E-state index in [1.165, 1.54) is 29.8 Å². The maximum atomic E-state index is 11.4. The van der Waals surface area contributed by atoms with Crippen molar-refractivity contribution in [2.24, 2.45) is 5.92 Å². The highest BCUT2D eigenvalue weighted by Gasteiger charge is 2.29. The van der Waals surface area contributed by atoms with Gasteiger partial charge in [-0.15, -0.1) is 0 Å². The second-order valence-electron chi connectivity index (χ2n) is 4.91. The Hall–Kier alpha value is -0.130. The molecule has 1 fully saturated rings. The second kappa shape index (κ2) is 6.71. The zero-order valence-corrected chi connectivity index (χ0v) is 12.1. The summed E-state index contributed by atoms with van der Waals surface area (Å²) in [7, 11) is -3.02. The highest BCUT2D eigenvalue weighted by atomic mass is 32.2. The fourth-order valence-corrected chi connectivity index (χ4v) is 3.17. The van der Waals surface area contributed by atoms with Gasteiger partial charge in [0.25, 0.3) is 0 Å². The molecule has 0 heterocycles. The van der Waals surface area contributed by atoms with Crippen LogP contribution in [0.1, 0.15) is 39.5 Å². The Morgan fingerprint density at radius 1 is 1.35 bits per heavy atom. The van der Waals surface area contributed by atoms with Gasteiger partial charge in [-0.05, 0) is 38.1 Å². The maximum absolute atomic E-state index is 11.4. The normalized spacial score (nSPS) is 18.6. The zero-order chi connectivity index (χ0) is 12.9. The van der Waals surface area contributed by atoms with Gasteiger partial charge in [-0.1, -0.05) is 13.8 Å². The van der Waals surface area contributed by atoms with Crippen LogP contribution in [0.3, 0.4) is 0 Å². The van der Waals surface area contributed by atoms with Crippen LogP contribution in [0.5, 0.6) is 0 Å². The molecular weight excluding hydrogens is 236 g/mol. The van der Waals surface area contributed by atoms with Crippen molar-refractivity contribution >= 4 is 10.0 Å². The van der Waals surface area contributed by atoms with E-state index in [2.05, 4.69) is 12.2 Å². The molecule has 0 spiro atoms. The minimum atomic E-state index is -3.02. The van der Waals surface area contributed by atoms with E-state index < -0.39 is 10.0 Å². The third kappa shape index (κ3) is 5.36. The molecule has 0 aromatic rings. The number of nitrogens with zero attached hydrogens (tertiary/aromatic N) is 1. The van der Waals surface area contributed by atoms with Gasteiger partial charge >= 0.3 is 0 Å². The van der Waals surface area contributed by atoms with Crippen molar-refractivity contribution in [1.29, 1.82) is 0 Å². The van der Waals surface area contributed by atoms with Crippen LogP contribution in [0.15, 0.2) is 0 Å². The van der Waals surface area contributed by atoms with Crippen LogP contribution in [0.4, 0.5) is 0 Å². The number of nitrogens with one attached hydrogen (secondary N) is 1. The monoisotopic (exact) mass is 262 g/mol. The molecule has 1 atom stereocenters. The summed E-state index contributed by atoms with van der Waals surface area (Å²) in [6.45, 7) is 6.21. The quantitative estimate of drug-likeness (QED) is 0.640. The Labute approximate surface area is 106 Å². The second-order valence-corrected chi connectivity index (χ2v) is 6.90. The highest BCUT2D eigenvalue weighted by molar-refractivity contribution is 7.88. The predicted molar refractivity (Wildman–Crippen MR) is 71.5 cm³/mol. The van der Waals surface area contributed by atoms with Crippen molar-refractivity contribution in [3.05, 3.63) is 0 Å². The standard InChI is InChI=1S/C12H26N2O2S/c1-4-12(11-7-8-11)13-9-6-10-14(5-2)17(3,15)16/h11-13H,4-10H2,1-3H3. The SMILES string of the molecule is CCC(NCCCN(CC)S(C)(=O)=O)C1CC1. The Balaban J connectivity index is 2.18. The van der Waals surface area contributed by atoms with E-state index in [1.807, 2.05) is 6.92 Å². The lowest BCUT2D eigenvalue weighted by Gasteiger charge is -2.20. The van der Waals surface area contributed by atoms with Crippen LogP contribution in [0.2, 0.25) is 0 Å². The smallest absolute Gasteiger partial charge is 0.211 e. The van der Waals surface area contributed by atoms with Gasteiger partial charge in [-0.2, -0.15) is 0 Å². The first kappa shape index (κ1) is 14.9. The molecule has 1 rings (SSSR count). The van der Waals surface area contributed by atoms with E-state index in [0.29, 0.717) is 19.1 Å². The van der Waals surface area contributed by atoms with Crippen molar-refractivity contribution in [1.82, 2.24) is 9.62 Å². The lowest BCUT2D eigenvalue weighted by Crippen LogP contribution is -2.35. The number of hydrogen-bond donors (Lipinski definition) is 1. The number of hydrogen-bond acceptors (Lipinski definition) is 3. The molecule has 102 valence electrons. The van der Waals surface area contributed by atoms with Crippen LogP contribution in [-0.4, -0.2) is 44.7 Å². The van der Waals surface area contributed by atoms with Gasteiger partial charge in [-0.25, -0.2) is 12.7 Å². The van der Waals surface area contributed by atoms with E-state index in [4.69, 9.17) is 0 Å². The number of sulfonamides is 1. The Morgan fingerprint density at radius 2 is 2.00 bits per heavy atom. The van der Waals surface area contributed by atoms with Gasteiger partial charge in [0.05, 0.1) is 6.26 Å². The first-order valence-electron chi connectivity index (χ1n) is 6.67. The van der Waals surface area contributed by atoms with E-state index in [9.17, 15) is 8.42 Å². The minimum Gasteiger partial charge on any atom is -0.314 e. The fraction of sp³-hybridized carbons (Fsp3) is 1.00. The van der Waals surface area contributed by atoms with Gasteiger partial charge < -0.3 is 5.32 Å². The largest absolute Gasteiger partial charge is 0.314 e. The Bertz CT molecular complexity index is 312. The third-order valence-electron chi connectivity index (χ3n) is 3.44. The maximum Gasteiger partial charge on any atom is 0.211 e. The number of rotatable bonds is 9. The summed E-state index contributed by atoms with van der Waals surface area (Å²) in [5, 5.41) is 3.54. The molecule has 0 aliphatic heterocycles. The molecule has 0 bridgehead atoms. The molecule has 1 aliphatic rings. The predicted octanol–water partition coefficient (Wildman–Crippen LogP) is 1.44. The minimum absolute atomic E-state index is 0.568. The molecule has 1 N–H and O–H groups in total. The first-order valence-corrected chi connectivity index (χ1v) is 8.52. The van der Waals surface area contributed by atoms with E-state index in [0.717, 1.165) is 18.9 Å². The van der Waals surface area contributed by atoms with Gasteiger partial charge in [0.2, 0.25) is 10.0 Å². The molecule has 4 nitrogen and oxygen atoms in total. The summed E-state index contributed by atoms with van der Waals surface area (Å²) < 4.78 is 24.3. The summed E-state index contributed by atoms with van der Waals surface area (Å²) in [4.78, 5) is 0. The Morgan fingerprint density at radius 3 is 2.41 bits per heavy atom. The lowest BCUT2D eigenvalue weighted by molar-refractivity contribution is 0.396. The highest BCUT2D eigenvalue weighted by Crippen LogP contribution is 2.33. The summed E-state index contributed by atoms with van der Waals surface area (Å²) in [5.41, 5.74) is 0. The van der Waals surface area contributed by atoms with Crippen molar-refractivity contribution in [3.63, 3.8) is 0 Å². The lowest BCUT2D eigenvalue weighted by atomic mass is 10.1. The van der Waals surface area contributed by atoms with Crippen molar-refractivity contribution in [2.75, 3.05) is 25.9 Å². The van der Waals surface area contributed by atoms with Crippen molar-refractivity contribution in [2.45, 2.75) is 45.6 Å². The van der Waals surface area contributed by atoms with Gasteiger partial charge in [0.15, 0.2) is 0 Å². The van der Waals surface area contributed by atoms with Crippen LogP contribution in [-0.2, 0) is 10.0 Å². The van der Waals surface area contributed by atoms with Crippen molar-refractivity contribution < 1.29 is 8.42 Å². The molecule has 0 aromatic heterocycles. The van der Waals surface area contributed by atoms with Crippen LogP contribution < -0.4 is 5.32 Å². The fourth-order valence-electron chi connectivity index (χ4n) is 2.24. The first-order chi connectivity index (χ1) is 7.99. The molecule has 0 amide bonds. The molecule has 0 saturated heterocycles. The molecule has 17 heavy (non-hydrogen) atoms. The molecule has 1 aliphatic carbocycles. The van der Waals surface area contributed by atoms with Gasteiger partial charge in [0.1, 0.15) is 0 Å². The van der Waals surface area contributed by atoms with Gasteiger partial charge in [-0.3, -0.25) is 0 Å². The van der Waals surface area contributed by atoms with E-state index >= 15 is 0 Å². The van der Waals surface area contributed by atoms with Gasteiger partial charge in [0, 0.05) is 19.1 Å². The van der Waals surface area contributed by atoms with E-state index in [1.54, 1.807) is 0 Å².